The zero-order chi connectivity index (χ0) is 19.9. The van der Waals surface area contributed by atoms with E-state index in [1.165, 1.54) is 16.7 Å². The number of carbonyl (C=O) groups is 2. The number of halogens is 1. The molecule has 0 radical (unpaired) electrons. The van der Waals surface area contributed by atoms with E-state index in [1.54, 1.807) is 24.3 Å². The van der Waals surface area contributed by atoms with Crippen molar-refractivity contribution in [3.63, 3.8) is 0 Å². The maximum absolute atomic E-state index is 12.7. The van der Waals surface area contributed by atoms with Crippen LogP contribution < -0.4 is 5.43 Å². The van der Waals surface area contributed by atoms with Crippen LogP contribution in [0.3, 0.4) is 0 Å². The first-order chi connectivity index (χ1) is 13.6. The Balaban J connectivity index is 1.74. The summed E-state index contributed by atoms with van der Waals surface area (Å²) < 4.78 is 0. The van der Waals surface area contributed by atoms with Gasteiger partial charge in [0.15, 0.2) is 5.17 Å². The van der Waals surface area contributed by atoms with Gasteiger partial charge in [-0.05, 0) is 41.1 Å². The number of carbonyl (C=O) groups excluding carboxylic acids is 2. The number of thioether (sulfide) groups is 1. The number of nitrogens with zero attached hydrogens (tertiary/aromatic N) is 2. The van der Waals surface area contributed by atoms with Crippen molar-refractivity contribution in [2.45, 2.75) is 6.42 Å². The first kappa shape index (κ1) is 19.9. The Labute approximate surface area is 172 Å². The lowest BCUT2D eigenvalue weighted by Crippen LogP contribution is -2.31. The molecule has 142 valence electrons. The summed E-state index contributed by atoms with van der Waals surface area (Å²) in [6.07, 6.45) is 3.60. The smallest absolute Gasteiger partial charge is 0.267 e. The molecule has 3 rings (SSSR count). The molecule has 2 aromatic carbocycles. The van der Waals surface area contributed by atoms with Crippen molar-refractivity contribution in [2.24, 2.45) is 5.10 Å². The molecule has 1 heterocycles. The molecule has 0 aromatic heterocycles. The number of rotatable bonds is 6. The minimum Gasteiger partial charge on any atom is -0.281 e. The predicted octanol–water partition coefficient (Wildman–Crippen LogP) is 4.07. The van der Waals surface area contributed by atoms with Gasteiger partial charge in [-0.3, -0.25) is 14.5 Å². The summed E-state index contributed by atoms with van der Waals surface area (Å²) in [6.45, 7) is 3.99. The summed E-state index contributed by atoms with van der Waals surface area (Å²) in [5, 5.41) is 5.19. The average molecular weight is 412 g/mol. The lowest BCUT2D eigenvalue weighted by molar-refractivity contribution is -0.122. The molecule has 28 heavy (non-hydrogen) atoms. The maximum atomic E-state index is 12.7. The van der Waals surface area contributed by atoms with E-state index < -0.39 is 0 Å². The van der Waals surface area contributed by atoms with E-state index in [0.29, 0.717) is 21.6 Å². The summed E-state index contributed by atoms with van der Waals surface area (Å²) in [5.74, 6) is -0.434. The fourth-order valence-corrected chi connectivity index (χ4v) is 3.60. The Morgan fingerprint density at radius 3 is 2.57 bits per heavy atom. The molecule has 5 nitrogen and oxygen atoms in total. The van der Waals surface area contributed by atoms with Crippen molar-refractivity contribution < 1.29 is 9.59 Å². The first-order valence-electron chi connectivity index (χ1n) is 8.55. The van der Waals surface area contributed by atoms with Gasteiger partial charge in [-0.1, -0.05) is 60.1 Å². The van der Waals surface area contributed by atoms with Crippen LogP contribution in [0.1, 0.15) is 11.1 Å². The molecule has 0 unspecified atom stereocenters. The van der Waals surface area contributed by atoms with Gasteiger partial charge in [-0.25, -0.2) is 5.43 Å². The third-order valence-electron chi connectivity index (χ3n) is 3.85. The minimum absolute atomic E-state index is 0.184. The van der Waals surface area contributed by atoms with Gasteiger partial charge in [0.05, 0.1) is 11.3 Å². The summed E-state index contributed by atoms with van der Waals surface area (Å²) >= 11 is 7.11. The van der Waals surface area contributed by atoms with Crippen molar-refractivity contribution in [1.29, 1.82) is 0 Å². The highest BCUT2D eigenvalue weighted by atomic mass is 35.5. The lowest BCUT2D eigenvalue weighted by Gasteiger charge is -2.12. The summed E-state index contributed by atoms with van der Waals surface area (Å²) in [6, 6.07) is 16.6. The van der Waals surface area contributed by atoms with Gasteiger partial charge in [0.25, 0.3) is 5.91 Å². The van der Waals surface area contributed by atoms with Crippen LogP contribution in [0.15, 0.2) is 77.3 Å². The number of hydrazone groups is 1. The monoisotopic (exact) mass is 411 g/mol. The van der Waals surface area contributed by atoms with Crippen LogP contribution in [0.25, 0.3) is 6.08 Å². The second-order valence-corrected chi connectivity index (χ2v) is 7.40. The lowest BCUT2D eigenvalue weighted by atomic mass is 10.1. The fourth-order valence-electron chi connectivity index (χ4n) is 2.52. The fraction of sp³-hybridized carbons (Fsp3) is 0.0952. The predicted molar refractivity (Wildman–Crippen MR) is 115 cm³/mol. The van der Waals surface area contributed by atoms with Gasteiger partial charge >= 0.3 is 0 Å². The van der Waals surface area contributed by atoms with Crippen molar-refractivity contribution in [3.8, 4) is 0 Å². The van der Waals surface area contributed by atoms with Crippen molar-refractivity contribution in [2.75, 3.05) is 6.54 Å². The number of nitrogens with one attached hydrogen (secondary N) is 1. The quantitative estimate of drug-likeness (QED) is 0.442. The average Bonchev–Trinajstić information content (AvgIpc) is 2.98. The summed E-state index contributed by atoms with van der Waals surface area (Å²) in [5.41, 5.74) is 4.27. The highest BCUT2D eigenvalue weighted by molar-refractivity contribution is 8.18. The minimum atomic E-state index is -0.250. The van der Waals surface area contributed by atoms with Gasteiger partial charge in [0.1, 0.15) is 0 Å². The largest absolute Gasteiger partial charge is 0.281 e. The molecule has 7 heteroatoms. The van der Waals surface area contributed by atoms with E-state index in [-0.39, 0.29) is 18.2 Å². The Morgan fingerprint density at radius 2 is 1.89 bits per heavy atom. The third kappa shape index (κ3) is 5.12. The molecule has 1 aliphatic heterocycles. The third-order valence-corrected chi connectivity index (χ3v) is 5.11. The molecule has 1 aliphatic rings. The van der Waals surface area contributed by atoms with Crippen LogP contribution in [0.5, 0.6) is 0 Å². The van der Waals surface area contributed by atoms with E-state index in [9.17, 15) is 9.59 Å². The number of hydrogen-bond donors (Lipinski definition) is 1. The van der Waals surface area contributed by atoms with Crippen LogP contribution in [0.2, 0.25) is 5.02 Å². The van der Waals surface area contributed by atoms with Gasteiger partial charge in [0.2, 0.25) is 5.91 Å². The zero-order valence-corrected chi connectivity index (χ0v) is 16.5. The summed E-state index contributed by atoms with van der Waals surface area (Å²) in [4.78, 5) is 26.8. The highest BCUT2D eigenvalue weighted by Crippen LogP contribution is 2.32. The van der Waals surface area contributed by atoms with E-state index in [1.807, 2.05) is 42.5 Å². The van der Waals surface area contributed by atoms with Crippen molar-refractivity contribution in [3.05, 3.63) is 88.3 Å². The standard InChI is InChI=1S/C21H18ClN3O2S/c1-2-12-25-20(27)18(13-16-8-10-17(22)11-9-16)28-21(25)24-23-19(26)14-15-6-4-3-5-7-15/h2-11,13H,1,12,14H2,(H,23,26). The number of hydrogen-bond acceptors (Lipinski definition) is 4. The SMILES string of the molecule is C=CCN1C(=O)C(=Cc2ccc(Cl)cc2)SC1=NNC(=O)Cc1ccccc1. The highest BCUT2D eigenvalue weighted by Gasteiger charge is 2.32. The van der Waals surface area contributed by atoms with Crippen LogP contribution in [0.4, 0.5) is 0 Å². The number of amides is 2. The van der Waals surface area contributed by atoms with Crippen molar-refractivity contribution in [1.82, 2.24) is 10.3 Å². The molecule has 0 spiro atoms. The Hall–Kier alpha value is -2.83. The molecule has 2 amide bonds. The van der Waals surface area contributed by atoms with E-state index in [4.69, 9.17) is 11.6 Å². The van der Waals surface area contributed by atoms with E-state index in [0.717, 1.165) is 11.1 Å². The molecular formula is C21H18ClN3O2S. The number of amidine groups is 1. The van der Waals surface area contributed by atoms with Crippen molar-refractivity contribution >= 4 is 46.4 Å². The molecule has 0 atom stereocenters. The first-order valence-corrected chi connectivity index (χ1v) is 9.74. The molecule has 0 aliphatic carbocycles. The maximum Gasteiger partial charge on any atom is 0.267 e. The number of benzene rings is 2. The van der Waals surface area contributed by atoms with Crippen LogP contribution in [-0.2, 0) is 16.0 Å². The second-order valence-electron chi connectivity index (χ2n) is 5.96. The van der Waals surface area contributed by atoms with E-state index >= 15 is 0 Å². The molecule has 1 saturated heterocycles. The van der Waals surface area contributed by atoms with Gasteiger partial charge in [-0.2, -0.15) is 0 Å². The Morgan fingerprint density at radius 1 is 1.18 bits per heavy atom. The molecule has 0 bridgehead atoms. The van der Waals surface area contributed by atoms with Gasteiger partial charge in [-0.15, -0.1) is 11.7 Å². The van der Waals surface area contributed by atoms with Crippen LogP contribution in [0, 0.1) is 0 Å². The normalized spacial score (nSPS) is 16.6. The Kier molecular flexibility index (Phi) is 6.68. The van der Waals surface area contributed by atoms with Gasteiger partial charge in [0, 0.05) is 11.6 Å². The molecule has 0 saturated carbocycles. The Bertz CT molecular complexity index is 940. The molecule has 1 fully saturated rings. The summed E-state index contributed by atoms with van der Waals surface area (Å²) in [7, 11) is 0. The molecule has 2 aromatic rings. The zero-order valence-electron chi connectivity index (χ0n) is 15.0. The van der Waals surface area contributed by atoms with E-state index in [2.05, 4.69) is 17.1 Å². The molecule has 1 N–H and O–H groups in total. The van der Waals surface area contributed by atoms with Crippen LogP contribution in [-0.4, -0.2) is 28.4 Å². The second kappa shape index (κ2) is 9.39. The molecular weight excluding hydrogens is 394 g/mol. The van der Waals surface area contributed by atoms with Crippen LogP contribution >= 0.6 is 23.4 Å². The topological polar surface area (TPSA) is 61.8 Å². The van der Waals surface area contributed by atoms with Gasteiger partial charge < -0.3 is 0 Å².